The highest BCUT2D eigenvalue weighted by atomic mass is 16.5. The SMILES string of the molecule is CC1CN(C(=O)c2nn(C)cc2N)CCCO1. The molecule has 1 aromatic rings. The highest BCUT2D eigenvalue weighted by Gasteiger charge is 2.24. The number of hydrogen-bond acceptors (Lipinski definition) is 4. The fourth-order valence-corrected chi connectivity index (χ4v) is 2.00. The molecule has 1 fully saturated rings. The monoisotopic (exact) mass is 238 g/mol. The van der Waals surface area contributed by atoms with Crippen LogP contribution in [-0.2, 0) is 11.8 Å². The molecule has 1 aliphatic heterocycles. The first-order chi connectivity index (χ1) is 8.08. The number of nitrogen functional groups attached to an aromatic ring is 1. The van der Waals surface area contributed by atoms with Crippen molar-refractivity contribution in [1.82, 2.24) is 14.7 Å². The summed E-state index contributed by atoms with van der Waals surface area (Å²) in [4.78, 5) is 14.0. The molecule has 1 aromatic heterocycles. The molecule has 17 heavy (non-hydrogen) atoms. The van der Waals surface area contributed by atoms with Gasteiger partial charge in [0.05, 0.1) is 11.8 Å². The Bertz CT molecular complexity index is 416. The lowest BCUT2D eigenvalue weighted by Gasteiger charge is -2.21. The van der Waals surface area contributed by atoms with Crippen LogP contribution >= 0.6 is 0 Å². The molecule has 2 heterocycles. The molecule has 1 atom stereocenters. The lowest BCUT2D eigenvalue weighted by Crippen LogP contribution is -2.36. The van der Waals surface area contributed by atoms with E-state index in [4.69, 9.17) is 10.5 Å². The van der Waals surface area contributed by atoms with E-state index in [1.165, 1.54) is 0 Å². The third kappa shape index (κ3) is 2.58. The van der Waals surface area contributed by atoms with Gasteiger partial charge in [-0.2, -0.15) is 5.10 Å². The number of amides is 1. The fraction of sp³-hybridized carbons (Fsp3) is 0.636. The van der Waals surface area contributed by atoms with Gasteiger partial charge >= 0.3 is 0 Å². The smallest absolute Gasteiger partial charge is 0.276 e. The van der Waals surface area contributed by atoms with Crippen LogP contribution in [0.1, 0.15) is 23.8 Å². The topological polar surface area (TPSA) is 73.4 Å². The molecule has 0 radical (unpaired) electrons. The molecule has 0 spiro atoms. The van der Waals surface area contributed by atoms with Crippen molar-refractivity contribution in [2.45, 2.75) is 19.4 Å². The minimum Gasteiger partial charge on any atom is -0.396 e. The summed E-state index contributed by atoms with van der Waals surface area (Å²) in [5.41, 5.74) is 6.52. The Morgan fingerprint density at radius 1 is 1.65 bits per heavy atom. The van der Waals surface area contributed by atoms with Crippen molar-refractivity contribution in [2.75, 3.05) is 25.4 Å². The van der Waals surface area contributed by atoms with Crippen LogP contribution < -0.4 is 5.73 Å². The van der Waals surface area contributed by atoms with E-state index in [1.54, 1.807) is 22.8 Å². The Labute approximate surface area is 100 Å². The van der Waals surface area contributed by atoms with Crippen molar-refractivity contribution >= 4 is 11.6 Å². The second kappa shape index (κ2) is 4.75. The summed E-state index contributed by atoms with van der Waals surface area (Å²) in [5.74, 6) is -0.111. The second-order valence-electron chi connectivity index (χ2n) is 4.39. The number of carbonyl (C=O) groups is 1. The molecule has 6 nitrogen and oxygen atoms in total. The first kappa shape index (κ1) is 11.9. The maximum Gasteiger partial charge on any atom is 0.276 e. The second-order valence-corrected chi connectivity index (χ2v) is 4.39. The van der Waals surface area contributed by atoms with Crippen LogP contribution in [0, 0.1) is 0 Å². The van der Waals surface area contributed by atoms with Crippen LogP contribution in [0.15, 0.2) is 6.20 Å². The first-order valence-electron chi connectivity index (χ1n) is 5.78. The molecule has 2 N–H and O–H groups in total. The number of rotatable bonds is 1. The summed E-state index contributed by atoms with van der Waals surface area (Å²) in [6.07, 6.45) is 2.56. The van der Waals surface area contributed by atoms with Gasteiger partial charge < -0.3 is 15.4 Å². The third-order valence-electron chi connectivity index (χ3n) is 2.80. The molecule has 1 aliphatic rings. The van der Waals surface area contributed by atoms with Crippen molar-refractivity contribution in [3.05, 3.63) is 11.9 Å². The molecule has 94 valence electrons. The average molecular weight is 238 g/mol. The van der Waals surface area contributed by atoms with E-state index in [2.05, 4.69) is 5.10 Å². The summed E-state index contributed by atoms with van der Waals surface area (Å²) in [6, 6.07) is 0. The number of aryl methyl sites for hydroxylation is 1. The molecule has 2 rings (SSSR count). The largest absolute Gasteiger partial charge is 0.396 e. The van der Waals surface area contributed by atoms with E-state index in [0.717, 1.165) is 6.42 Å². The number of ether oxygens (including phenoxy) is 1. The molecule has 1 unspecified atom stereocenters. The van der Waals surface area contributed by atoms with Gasteiger partial charge in [-0.3, -0.25) is 9.48 Å². The van der Waals surface area contributed by atoms with Gasteiger partial charge in [0.2, 0.25) is 0 Å². The number of anilines is 1. The van der Waals surface area contributed by atoms with Gasteiger partial charge in [-0.15, -0.1) is 0 Å². The van der Waals surface area contributed by atoms with E-state index in [-0.39, 0.29) is 12.0 Å². The number of carbonyl (C=O) groups excluding carboxylic acids is 1. The molecule has 6 heteroatoms. The first-order valence-corrected chi connectivity index (χ1v) is 5.78. The Morgan fingerprint density at radius 3 is 3.06 bits per heavy atom. The van der Waals surface area contributed by atoms with Gasteiger partial charge in [0.1, 0.15) is 0 Å². The Kier molecular flexibility index (Phi) is 3.33. The van der Waals surface area contributed by atoms with Crippen molar-refractivity contribution in [2.24, 2.45) is 7.05 Å². The van der Waals surface area contributed by atoms with Crippen LogP contribution in [0.3, 0.4) is 0 Å². The van der Waals surface area contributed by atoms with Crippen LogP contribution in [-0.4, -0.2) is 46.4 Å². The summed E-state index contributed by atoms with van der Waals surface area (Å²) < 4.78 is 7.06. The van der Waals surface area contributed by atoms with E-state index in [0.29, 0.717) is 31.1 Å². The van der Waals surface area contributed by atoms with Gasteiger partial charge in [0, 0.05) is 32.9 Å². The van der Waals surface area contributed by atoms with Gasteiger partial charge in [-0.1, -0.05) is 0 Å². The van der Waals surface area contributed by atoms with Gasteiger partial charge in [-0.05, 0) is 13.3 Å². The van der Waals surface area contributed by atoms with E-state index in [1.807, 2.05) is 6.92 Å². The van der Waals surface area contributed by atoms with Crippen molar-refractivity contribution in [3.63, 3.8) is 0 Å². The summed E-state index contributed by atoms with van der Waals surface area (Å²) in [7, 11) is 1.75. The molecule has 0 bridgehead atoms. The molecular weight excluding hydrogens is 220 g/mol. The highest BCUT2D eigenvalue weighted by molar-refractivity contribution is 5.97. The summed E-state index contributed by atoms with van der Waals surface area (Å²) in [6.45, 7) is 3.95. The Balaban J connectivity index is 2.16. The van der Waals surface area contributed by atoms with E-state index >= 15 is 0 Å². The molecule has 0 aromatic carbocycles. The van der Waals surface area contributed by atoms with Gasteiger partial charge in [0.15, 0.2) is 5.69 Å². The predicted octanol–water partition coefficient (Wildman–Crippen LogP) is 0.253. The lowest BCUT2D eigenvalue weighted by molar-refractivity contribution is 0.0559. The minimum absolute atomic E-state index is 0.0615. The zero-order valence-electron chi connectivity index (χ0n) is 10.2. The van der Waals surface area contributed by atoms with E-state index < -0.39 is 0 Å². The summed E-state index contributed by atoms with van der Waals surface area (Å²) in [5, 5.41) is 4.10. The number of nitrogens with two attached hydrogens (primary N) is 1. The van der Waals surface area contributed by atoms with Crippen molar-refractivity contribution in [1.29, 1.82) is 0 Å². The van der Waals surface area contributed by atoms with Crippen molar-refractivity contribution < 1.29 is 9.53 Å². The Morgan fingerprint density at radius 2 is 2.41 bits per heavy atom. The molecule has 1 saturated heterocycles. The third-order valence-corrected chi connectivity index (χ3v) is 2.80. The van der Waals surface area contributed by atoms with Crippen LogP contribution in [0.5, 0.6) is 0 Å². The van der Waals surface area contributed by atoms with Gasteiger partial charge in [0.25, 0.3) is 5.91 Å². The molecule has 0 aliphatic carbocycles. The normalized spacial score (nSPS) is 21.3. The Hall–Kier alpha value is -1.56. The number of hydrogen-bond donors (Lipinski definition) is 1. The standard InChI is InChI=1S/C11H18N4O2/c1-8-6-15(4-3-5-17-8)11(16)10-9(12)7-14(2)13-10/h7-8H,3-6,12H2,1-2H3. The predicted molar refractivity (Wildman–Crippen MR) is 63.6 cm³/mol. The van der Waals surface area contributed by atoms with Crippen LogP contribution in [0.4, 0.5) is 5.69 Å². The zero-order valence-corrected chi connectivity index (χ0v) is 10.2. The maximum atomic E-state index is 12.2. The number of aromatic nitrogens is 2. The zero-order chi connectivity index (χ0) is 12.4. The van der Waals surface area contributed by atoms with E-state index in [9.17, 15) is 4.79 Å². The molecule has 0 saturated carbocycles. The quantitative estimate of drug-likeness (QED) is 0.761. The molecule has 1 amide bonds. The molecular formula is C11H18N4O2. The fourth-order valence-electron chi connectivity index (χ4n) is 2.00. The average Bonchev–Trinajstić information content (AvgIpc) is 2.49. The maximum absolute atomic E-state index is 12.2. The minimum atomic E-state index is -0.111. The van der Waals surface area contributed by atoms with Crippen molar-refractivity contribution in [3.8, 4) is 0 Å². The number of nitrogens with zero attached hydrogens (tertiary/aromatic N) is 3. The van der Waals surface area contributed by atoms with Crippen LogP contribution in [0.2, 0.25) is 0 Å². The summed E-state index contributed by atoms with van der Waals surface area (Å²) >= 11 is 0. The highest BCUT2D eigenvalue weighted by Crippen LogP contribution is 2.14. The van der Waals surface area contributed by atoms with Crippen LogP contribution in [0.25, 0.3) is 0 Å². The van der Waals surface area contributed by atoms with Gasteiger partial charge in [-0.25, -0.2) is 0 Å². The lowest BCUT2D eigenvalue weighted by atomic mass is 10.3.